The SMILES string of the molecule is C=C/C=C\C(=C)/C=C\COc1cc([N+](=O)[O-])ccc1N. The molecule has 20 heavy (non-hydrogen) atoms. The number of nitrogen functional groups attached to an aromatic ring is 1. The molecule has 0 saturated carbocycles. The maximum atomic E-state index is 10.7. The van der Waals surface area contributed by atoms with Crippen LogP contribution in [0.15, 0.2) is 67.3 Å². The van der Waals surface area contributed by atoms with E-state index in [0.717, 1.165) is 5.57 Å². The zero-order valence-corrected chi connectivity index (χ0v) is 11.0. The van der Waals surface area contributed by atoms with E-state index < -0.39 is 4.92 Å². The van der Waals surface area contributed by atoms with E-state index in [1.54, 1.807) is 30.4 Å². The van der Waals surface area contributed by atoms with Crippen molar-refractivity contribution in [1.82, 2.24) is 0 Å². The van der Waals surface area contributed by atoms with E-state index in [1.165, 1.54) is 18.2 Å². The highest BCUT2D eigenvalue weighted by Crippen LogP contribution is 2.26. The molecule has 0 atom stereocenters. The Morgan fingerprint density at radius 1 is 1.45 bits per heavy atom. The standard InChI is InChI=1S/C15H16N2O3/c1-3-4-6-12(2)7-5-10-20-15-11-13(17(18)19)8-9-14(15)16/h3-9,11H,1-2,10,16H2/b6-4-,7-5-. The van der Waals surface area contributed by atoms with Crippen LogP contribution in [-0.4, -0.2) is 11.5 Å². The van der Waals surface area contributed by atoms with Crippen LogP contribution in [0.5, 0.6) is 5.75 Å². The third-order valence-electron chi connectivity index (χ3n) is 2.32. The topological polar surface area (TPSA) is 78.4 Å². The van der Waals surface area contributed by atoms with Crippen LogP contribution in [0.4, 0.5) is 11.4 Å². The van der Waals surface area contributed by atoms with Crippen LogP contribution in [-0.2, 0) is 0 Å². The van der Waals surface area contributed by atoms with Gasteiger partial charge in [0.2, 0.25) is 0 Å². The van der Waals surface area contributed by atoms with E-state index >= 15 is 0 Å². The van der Waals surface area contributed by atoms with E-state index in [-0.39, 0.29) is 18.0 Å². The number of anilines is 1. The van der Waals surface area contributed by atoms with Crippen molar-refractivity contribution >= 4 is 11.4 Å². The number of non-ortho nitro benzene ring substituents is 1. The number of nitro groups is 1. The molecule has 0 amide bonds. The van der Waals surface area contributed by atoms with Crippen LogP contribution >= 0.6 is 0 Å². The minimum Gasteiger partial charge on any atom is -0.487 e. The number of nitro benzene ring substituents is 1. The molecule has 0 spiro atoms. The Kier molecular flexibility index (Phi) is 5.77. The van der Waals surface area contributed by atoms with Gasteiger partial charge in [-0.3, -0.25) is 10.1 Å². The zero-order valence-electron chi connectivity index (χ0n) is 11.0. The first-order valence-corrected chi connectivity index (χ1v) is 5.86. The monoisotopic (exact) mass is 272 g/mol. The second kappa shape index (κ2) is 7.58. The van der Waals surface area contributed by atoms with E-state index in [9.17, 15) is 10.1 Å². The van der Waals surface area contributed by atoms with Crippen LogP contribution in [0.3, 0.4) is 0 Å². The first-order chi connectivity index (χ1) is 9.54. The van der Waals surface area contributed by atoms with Gasteiger partial charge in [0.1, 0.15) is 12.4 Å². The molecule has 0 unspecified atom stereocenters. The molecule has 1 aromatic rings. The quantitative estimate of drug-likeness (QED) is 0.357. The summed E-state index contributed by atoms with van der Waals surface area (Å²) < 4.78 is 5.38. The van der Waals surface area contributed by atoms with Crippen molar-refractivity contribution in [3.8, 4) is 5.75 Å². The molecular weight excluding hydrogens is 256 g/mol. The molecule has 0 heterocycles. The Labute approximate surface area is 117 Å². The normalized spacial score (nSPS) is 10.8. The fourth-order valence-electron chi connectivity index (χ4n) is 1.35. The van der Waals surface area contributed by atoms with Crippen LogP contribution in [0.2, 0.25) is 0 Å². The molecule has 0 aliphatic heterocycles. The first kappa shape index (κ1) is 15.2. The van der Waals surface area contributed by atoms with Gasteiger partial charge in [-0.05, 0) is 17.7 Å². The molecule has 5 heteroatoms. The van der Waals surface area contributed by atoms with Crippen molar-refractivity contribution in [1.29, 1.82) is 0 Å². The van der Waals surface area contributed by atoms with Gasteiger partial charge < -0.3 is 10.5 Å². The molecule has 0 bridgehead atoms. The van der Waals surface area contributed by atoms with Crippen LogP contribution in [0.25, 0.3) is 0 Å². The van der Waals surface area contributed by atoms with Gasteiger partial charge in [0, 0.05) is 6.07 Å². The predicted octanol–water partition coefficient (Wildman–Crippen LogP) is 3.41. The van der Waals surface area contributed by atoms with Crippen molar-refractivity contribution < 1.29 is 9.66 Å². The predicted molar refractivity (Wildman–Crippen MR) is 80.6 cm³/mol. The molecule has 0 radical (unpaired) electrons. The number of hydrogen-bond donors (Lipinski definition) is 1. The van der Waals surface area contributed by atoms with Gasteiger partial charge in [-0.2, -0.15) is 0 Å². The van der Waals surface area contributed by atoms with E-state index in [0.29, 0.717) is 5.69 Å². The number of allylic oxidation sites excluding steroid dienone is 5. The largest absolute Gasteiger partial charge is 0.487 e. The second-order valence-corrected chi connectivity index (χ2v) is 3.86. The summed E-state index contributed by atoms with van der Waals surface area (Å²) in [5.41, 5.74) is 6.78. The van der Waals surface area contributed by atoms with Crippen molar-refractivity contribution in [3.63, 3.8) is 0 Å². The summed E-state index contributed by atoms with van der Waals surface area (Å²) in [6.07, 6.45) is 8.73. The number of benzene rings is 1. The Morgan fingerprint density at radius 3 is 2.85 bits per heavy atom. The molecule has 104 valence electrons. The average Bonchev–Trinajstić information content (AvgIpc) is 2.42. The summed E-state index contributed by atoms with van der Waals surface area (Å²) in [7, 11) is 0. The van der Waals surface area contributed by atoms with Gasteiger partial charge in [0.25, 0.3) is 5.69 Å². The highest BCUT2D eigenvalue weighted by Gasteiger charge is 2.09. The van der Waals surface area contributed by atoms with E-state index in [1.807, 2.05) is 0 Å². The number of nitrogens with two attached hydrogens (primary N) is 1. The number of rotatable bonds is 7. The Hall–Kier alpha value is -2.82. The second-order valence-electron chi connectivity index (χ2n) is 3.86. The maximum absolute atomic E-state index is 10.7. The van der Waals surface area contributed by atoms with Gasteiger partial charge in [-0.25, -0.2) is 0 Å². The lowest BCUT2D eigenvalue weighted by Gasteiger charge is -2.06. The molecule has 0 aliphatic rings. The van der Waals surface area contributed by atoms with Gasteiger partial charge >= 0.3 is 0 Å². The summed E-state index contributed by atoms with van der Waals surface area (Å²) in [4.78, 5) is 10.2. The minimum atomic E-state index is -0.496. The van der Waals surface area contributed by atoms with Crippen LogP contribution in [0.1, 0.15) is 0 Å². The number of ether oxygens (including phenoxy) is 1. The van der Waals surface area contributed by atoms with Crippen LogP contribution in [0, 0.1) is 10.1 Å². The third-order valence-corrected chi connectivity index (χ3v) is 2.32. The minimum absolute atomic E-state index is 0.0588. The number of nitrogens with zero attached hydrogens (tertiary/aromatic N) is 1. The summed E-state index contributed by atoms with van der Waals surface area (Å²) in [6, 6.07) is 4.08. The molecule has 0 fully saturated rings. The lowest BCUT2D eigenvalue weighted by atomic mass is 10.2. The highest BCUT2D eigenvalue weighted by atomic mass is 16.6. The first-order valence-electron chi connectivity index (χ1n) is 5.86. The zero-order chi connectivity index (χ0) is 15.0. The van der Waals surface area contributed by atoms with E-state index in [4.69, 9.17) is 10.5 Å². The molecular formula is C15H16N2O3. The third kappa shape index (κ3) is 4.81. The van der Waals surface area contributed by atoms with Crippen LogP contribution < -0.4 is 10.5 Å². The summed E-state index contributed by atoms with van der Waals surface area (Å²) in [5, 5.41) is 10.7. The molecule has 1 aromatic carbocycles. The Bertz CT molecular complexity index is 574. The fraction of sp³-hybridized carbons (Fsp3) is 0.0667. The van der Waals surface area contributed by atoms with Gasteiger partial charge in [-0.15, -0.1) is 0 Å². The molecule has 5 nitrogen and oxygen atoms in total. The summed E-state index contributed by atoms with van der Waals surface area (Å²) in [6.45, 7) is 7.60. The number of hydrogen-bond acceptors (Lipinski definition) is 4. The Balaban J connectivity index is 2.62. The maximum Gasteiger partial charge on any atom is 0.273 e. The Morgan fingerprint density at radius 2 is 2.20 bits per heavy atom. The van der Waals surface area contributed by atoms with E-state index in [2.05, 4.69) is 13.2 Å². The van der Waals surface area contributed by atoms with Crippen molar-refractivity contribution in [3.05, 3.63) is 77.4 Å². The smallest absolute Gasteiger partial charge is 0.273 e. The van der Waals surface area contributed by atoms with Crippen molar-refractivity contribution in [2.75, 3.05) is 12.3 Å². The lowest BCUT2D eigenvalue weighted by molar-refractivity contribution is -0.384. The van der Waals surface area contributed by atoms with Crippen molar-refractivity contribution in [2.24, 2.45) is 0 Å². The average molecular weight is 272 g/mol. The molecule has 0 aliphatic carbocycles. The van der Waals surface area contributed by atoms with Gasteiger partial charge in [0.15, 0.2) is 0 Å². The molecule has 1 rings (SSSR count). The van der Waals surface area contributed by atoms with Gasteiger partial charge in [0.05, 0.1) is 16.7 Å². The molecule has 0 aromatic heterocycles. The molecule has 2 N–H and O–H groups in total. The summed E-state index contributed by atoms with van der Waals surface area (Å²) in [5.74, 6) is 0.288. The van der Waals surface area contributed by atoms with Crippen molar-refractivity contribution in [2.45, 2.75) is 0 Å². The molecule has 0 saturated heterocycles. The highest BCUT2D eigenvalue weighted by molar-refractivity contribution is 5.57. The fourth-order valence-corrected chi connectivity index (χ4v) is 1.35. The lowest BCUT2D eigenvalue weighted by Crippen LogP contribution is -1.99. The summed E-state index contributed by atoms with van der Waals surface area (Å²) >= 11 is 0. The van der Waals surface area contributed by atoms with Gasteiger partial charge in [-0.1, -0.05) is 37.5 Å².